The molecule has 0 aromatic heterocycles. The lowest BCUT2D eigenvalue weighted by molar-refractivity contribution is 1.12. The summed E-state index contributed by atoms with van der Waals surface area (Å²) in [4.78, 5) is 1.89. The molecule has 0 saturated carbocycles. The quantitative estimate of drug-likeness (QED) is 0.576. The number of alkyl halides is 1. The van der Waals surface area contributed by atoms with E-state index in [0.717, 1.165) is 20.9 Å². The second-order valence-electron chi connectivity index (χ2n) is 3.55. The van der Waals surface area contributed by atoms with E-state index in [9.17, 15) is 0 Å². The molecule has 0 radical (unpaired) electrons. The molecule has 82 valence electrons. The first-order valence-electron chi connectivity index (χ1n) is 4.89. The Morgan fingerprint density at radius 3 is 1.31 bits per heavy atom. The number of rotatable bonds is 2. The standard InChI is InChI=1S/C13H11ClS2/c14-13(9-1-5-11(15)6-2-9)10-3-7-12(16)8-4-10/h1-8,13,15-16H. The molecule has 2 aromatic carbocycles. The van der Waals surface area contributed by atoms with Crippen LogP contribution in [0.3, 0.4) is 0 Å². The van der Waals surface area contributed by atoms with Crippen molar-refractivity contribution in [3.05, 3.63) is 59.7 Å². The number of thiol groups is 2. The summed E-state index contributed by atoms with van der Waals surface area (Å²) in [7, 11) is 0. The summed E-state index contributed by atoms with van der Waals surface area (Å²) in [6.07, 6.45) is 0. The van der Waals surface area contributed by atoms with E-state index in [1.54, 1.807) is 0 Å². The monoisotopic (exact) mass is 266 g/mol. The molecule has 0 N–H and O–H groups in total. The first-order chi connectivity index (χ1) is 7.66. The average molecular weight is 267 g/mol. The Morgan fingerprint density at radius 1 is 0.688 bits per heavy atom. The maximum absolute atomic E-state index is 6.39. The van der Waals surface area contributed by atoms with E-state index in [4.69, 9.17) is 11.6 Å². The van der Waals surface area contributed by atoms with Crippen LogP contribution in [0.15, 0.2) is 58.3 Å². The summed E-state index contributed by atoms with van der Waals surface area (Å²) in [5, 5.41) is -0.122. The lowest BCUT2D eigenvalue weighted by Crippen LogP contribution is -1.92. The molecule has 0 spiro atoms. The van der Waals surface area contributed by atoms with Gasteiger partial charge in [0.05, 0.1) is 5.38 Å². The van der Waals surface area contributed by atoms with Gasteiger partial charge in [-0.1, -0.05) is 24.3 Å². The molecule has 0 unspecified atom stereocenters. The largest absolute Gasteiger partial charge is 0.143 e. The van der Waals surface area contributed by atoms with Crippen LogP contribution < -0.4 is 0 Å². The second kappa shape index (κ2) is 5.17. The van der Waals surface area contributed by atoms with Gasteiger partial charge in [-0.25, -0.2) is 0 Å². The molecule has 0 aliphatic rings. The Hall–Kier alpha value is -0.570. The van der Waals surface area contributed by atoms with Crippen molar-refractivity contribution in [3.8, 4) is 0 Å². The second-order valence-corrected chi connectivity index (χ2v) is 5.01. The van der Waals surface area contributed by atoms with Gasteiger partial charge in [-0.05, 0) is 35.4 Å². The molecule has 16 heavy (non-hydrogen) atoms. The third-order valence-electron chi connectivity index (χ3n) is 2.37. The van der Waals surface area contributed by atoms with Crippen molar-refractivity contribution < 1.29 is 0 Å². The molecular formula is C13H11ClS2. The van der Waals surface area contributed by atoms with Gasteiger partial charge in [0.1, 0.15) is 0 Å². The first-order valence-corrected chi connectivity index (χ1v) is 6.22. The van der Waals surface area contributed by atoms with Crippen LogP contribution in [0.1, 0.15) is 16.5 Å². The topological polar surface area (TPSA) is 0 Å². The van der Waals surface area contributed by atoms with Gasteiger partial charge in [-0.2, -0.15) is 0 Å². The molecule has 0 aliphatic heterocycles. The van der Waals surface area contributed by atoms with Crippen LogP contribution in [0.4, 0.5) is 0 Å². The minimum Gasteiger partial charge on any atom is -0.143 e. The normalized spacial score (nSPS) is 10.8. The molecule has 0 saturated heterocycles. The first kappa shape index (κ1) is 11.9. The van der Waals surface area contributed by atoms with Crippen molar-refractivity contribution in [1.29, 1.82) is 0 Å². The van der Waals surface area contributed by atoms with Crippen LogP contribution in [-0.2, 0) is 0 Å². The molecular weight excluding hydrogens is 256 g/mol. The molecule has 0 heterocycles. The Labute approximate surface area is 111 Å². The van der Waals surface area contributed by atoms with Crippen molar-refractivity contribution >= 4 is 36.9 Å². The van der Waals surface area contributed by atoms with Gasteiger partial charge >= 0.3 is 0 Å². The predicted molar refractivity (Wildman–Crippen MR) is 75.1 cm³/mol. The van der Waals surface area contributed by atoms with Crippen LogP contribution in [0, 0.1) is 0 Å². The van der Waals surface area contributed by atoms with E-state index in [1.807, 2.05) is 48.5 Å². The highest BCUT2D eigenvalue weighted by atomic mass is 35.5. The van der Waals surface area contributed by atoms with Gasteiger partial charge in [0.15, 0.2) is 0 Å². The highest BCUT2D eigenvalue weighted by Gasteiger charge is 2.09. The third kappa shape index (κ3) is 2.76. The molecule has 0 atom stereocenters. The molecule has 2 rings (SSSR count). The van der Waals surface area contributed by atoms with Gasteiger partial charge in [-0.15, -0.1) is 36.9 Å². The zero-order valence-corrected chi connectivity index (χ0v) is 11.0. The molecule has 0 fully saturated rings. The van der Waals surface area contributed by atoms with Crippen molar-refractivity contribution in [3.63, 3.8) is 0 Å². The maximum atomic E-state index is 6.39. The summed E-state index contributed by atoms with van der Waals surface area (Å²) in [5.74, 6) is 0. The van der Waals surface area contributed by atoms with Gasteiger partial charge in [0.2, 0.25) is 0 Å². The lowest BCUT2D eigenvalue weighted by atomic mass is 10.0. The average Bonchev–Trinajstić information content (AvgIpc) is 2.30. The summed E-state index contributed by atoms with van der Waals surface area (Å²) in [6, 6.07) is 15.8. The highest BCUT2D eigenvalue weighted by molar-refractivity contribution is 7.80. The molecule has 0 nitrogen and oxygen atoms in total. The number of hydrogen-bond donors (Lipinski definition) is 2. The van der Waals surface area contributed by atoms with Gasteiger partial charge < -0.3 is 0 Å². The molecule has 2 aromatic rings. The van der Waals surface area contributed by atoms with Crippen LogP contribution in [-0.4, -0.2) is 0 Å². The SMILES string of the molecule is Sc1ccc(C(Cl)c2ccc(S)cc2)cc1. The zero-order valence-electron chi connectivity index (χ0n) is 8.47. The molecule has 3 heteroatoms. The highest BCUT2D eigenvalue weighted by Crippen LogP contribution is 2.29. The van der Waals surface area contributed by atoms with Crippen molar-refractivity contribution in [2.45, 2.75) is 15.2 Å². The number of hydrogen-bond acceptors (Lipinski definition) is 2. The smallest absolute Gasteiger partial charge is 0.0835 e. The molecule has 0 aliphatic carbocycles. The van der Waals surface area contributed by atoms with Crippen molar-refractivity contribution in [1.82, 2.24) is 0 Å². The maximum Gasteiger partial charge on any atom is 0.0835 e. The zero-order chi connectivity index (χ0) is 11.5. The van der Waals surface area contributed by atoms with E-state index in [-0.39, 0.29) is 5.38 Å². The Morgan fingerprint density at radius 2 is 1.00 bits per heavy atom. The molecule has 0 amide bonds. The fourth-order valence-electron chi connectivity index (χ4n) is 1.48. The summed E-state index contributed by atoms with van der Waals surface area (Å²) < 4.78 is 0. The Balaban J connectivity index is 2.28. The molecule has 0 bridgehead atoms. The van der Waals surface area contributed by atoms with E-state index in [2.05, 4.69) is 25.3 Å². The summed E-state index contributed by atoms with van der Waals surface area (Å²) >= 11 is 14.9. The van der Waals surface area contributed by atoms with Crippen LogP contribution in [0.25, 0.3) is 0 Å². The van der Waals surface area contributed by atoms with Crippen LogP contribution in [0.2, 0.25) is 0 Å². The van der Waals surface area contributed by atoms with E-state index in [0.29, 0.717) is 0 Å². The fourth-order valence-corrected chi connectivity index (χ4v) is 2.07. The van der Waals surface area contributed by atoms with E-state index in [1.165, 1.54) is 0 Å². The van der Waals surface area contributed by atoms with Crippen LogP contribution in [0.5, 0.6) is 0 Å². The minimum atomic E-state index is -0.122. The van der Waals surface area contributed by atoms with Crippen molar-refractivity contribution in [2.75, 3.05) is 0 Å². The van der Waals surface area contributed by atoms with Gasteiger partial charge in [0, 0.05) is 9.79 Å². The Bertz CT molecular complexity index is 417. The van der Waals surface area contributed by atoms with Crippen LogP contribution >= 0.6 is 36.9 Å². The predicted octanol–water partition coefficient (Wildman–Crippen LogP) is 4.59. The minimum absolute atomic E-state index is 0.122. The van der Waals surface area contributed by atoms with Crippen molar-refractivity contribution in [2.24, 2.45) is 0 Å². The summed E-state index contributed by atoms with van der Waals surface area (Å²) in [5.41, 5.74) is 2.15. The fraction of sp³-hybridized carbons (Fsp3) is 0.0769. The van der Waals surface area contributed by atoms with E-state index < -0.39 is 0 Å². The summed E-state index contributed by atoms with van der Waals surface area (Å²) in [6.45, 7) is 0. The van der Waals surface area contributed by atoms with Gasteiger partial charge in [-0.3, -0.25) is 0 Å². The third-order valence-corrected chi connectivity index (χ3v) is 3.47. The lowest BCUT2D eigenvalue weighted by Gasteiger charge is -2.10. The van der Waals surface area contributed by atoms with Gasteiger partial charge in [0.25, 0.3) is 0 Å². The Kier molecular flexibility index (Phi) is 3.85. The van der Waals surface area contributed by atoms with E-state index >= 15 is 0 Å². The number of benzene rings is 2. The number of halogens is 1.